The van der Waals surface area contributed by atoms with Crippen LogP contribution in [0.25, 0.3) is 0 Å². The standard InChI is InChI=1S/C9H13F3N2O3/c10-9(11,12)2-1-3-14-5-7(15)13-4-6(14)8(16)17/h6H,1-5H2,(H,13,15)(H,16,17). The van der Waals surface area contributed by atoms with Gasteiger partial charge in [-0.05, 0) is 13.0 Å². The van der Waals surface area contributed by atoms with E-state index in [4.69, 9.17) is 5.11 Å². The fraction of sp³-hybridized carbons (Fsp3) is 0.778. The Morgan fingerprint density at radius 1 is 1.53 bits per heavy atom. The van der Waals surface area contributed by atoms with Crippen molar-refractivity contribution in [2.45, 2.75) is 25.1 Å². The lowest BCUT2D eigenvalue weighted by Crippen LogP contribution is -2.57. The molecule has 0 saturated carbocycles. The van der Waals surface area contributed by atoms with Crippen LogP contribution in [0.15, 0.2) is 0 Å². The van der Waals surface area contributed by atoms with Gasteiger partial charge in [0.2, 0.25) is 5.91 Å². The average molecular weight is 254 g/mol. The molecule has 1 saturated heterocycles. The Balaban J connectivity index is 2.47. The third kappa shape index (κ3) is 4.59. The van der Waals surface area contributed by atoms with Crippen LogP contribution in [0.3, 0.4) is 0 Å². The zero-order valence-corrected chi connectivity index (χ0v) is 8.96. The third-order valence-corrected chi connectivity index (χ3v) is 2.47. The molecule has 0 aromatic rings. The van der Waals surface area contributed by atoms with E-state index in [0.29, 0.717) is 0 Å². The number of carbonyl (C=O) groups excluding carboxylic acids is 1. The van der Waals surface area contributed by atoms with Crippen molar-refractivity contribution < 1.29 is 27.9 Å². The van der Waals surface area contributed by atoms with Gasteiger partial charge >= 0.3 is 12.1 Å². The van der Waals surface area contributed by atoms with Crippen molar-refractivity contribution in [1.82, 2.24) is 10.2 Å². The number of alkyl halides is 3. The number of aliphatic carboxylic acids is 1. The number of nitrogens with one attached hydrogen (secondary N) is 1. The highest BCUT2D eigenvalue weighted by Crippen LogP contribution is 2.21. The first-order valence-corrected chi connectivity index (χ1v) is 5.10. The van der Waals surface area contributed by atoms with Crippen molar-refractivity contribution >= 4 is 11.9 Å². The second kappa shape index (κ2) is 5.35. The van der Waals surface area contributed by atoms with Crippen LogP contribution in [0.4, 0.5) is 13.2 Å². The van der Waals surface area contributed by atoms with Crippen LogP contribution in [0, 0.1) is 0 Å². The van der Waals surface area contributed by atoms with Crippen LogP contribution in [0.2, 0.25) is 0 Å². The number of piperazine rings is 1. The zero-order valence-electron chi connectivity index (χ0n) is 8.96. The molecule has 5 nitrogen and oxygen atoms in total. The molecule has 1 fully saturated rings. The molecule has 8 heteroatoms. The van der Waals surface area contributed by atoms with Gasteiger partial charge in [-0.25, -0.2) is 0 Å². The van der Waals surface area contributed by atoms with E-state index in [2.05, 4.69) is 5.32 Å². The number of nitrogens with zero attached hydrogens (tertiary/aromatic N) is 1. The molecule has 1 unspecified atom stereocenters. The second-order valence-electron chi connectivity index (χ2n) is 3.85. The lowest BCUT2D eigenvalue weighted by atomic mass is 10.1. The Morgan fingerprint density at radius 3 is 2.71 bits per heavy atom. The van der Waals surface area contributed by atoms with E-state index >= 15 is 0 Å². The summed E-state index contributed by atoms with van der Waals surface area (Å²) in [5, 5.41) is 11.2. The van der Waals surface area contributed by atoms with Gasteiger partial charge in [-0.2, -0.15) is 13.2 Å². The van der Waals surface area contributed by atoms with Gasteiger partial charge in [0.1, 0.15) is 6.04 Å². The van der Waals surface area contributed by atoms with Crippen LogP contribution in [0.1, 0.15) is 12.8 Å². The highest BCUT2D eigenvalue weighted by atomic mass is 19.4. The van der Waals surface area contributed by atoms with Crippen molar-refractivity contribution in [3.05, 3.63) is 0 Å². The zero-order chi connectivity index (χ0) is 13.1. The van der Waals surface area contributed by atoms with E-state index in [1.807, 2.05) is 0 Å². The molecule has 17 heavy (non-hydrogen) atoms. The Morgan fingerprint density at radius 2 is 2.18 bits per heavy atom. The van der Waals surface area contributed by atoms with E-state index in [1.165, 1.54) is 4.90 Å². The molecular formula is C9H13F3N2O3. The molecule has 0 aliphatic carbocycles. The fourth-order valence-electron chi connectivity index (χ4n) is 1.65. The van der Waals surface area contributed by atoms with E-state index < -0.39 is 24.6 Å². The van der Waals surface area contributed by atoms with Crippen molar-refractivity contribution in [1.29, 1.82) is 0 Å². The largest absolute Gasteiger partial charge is 0.480 e. The molecule has 0 aromatic carbocycles. The predicted molar refractivity (Wildman–Crippen MR) is 51.3 cm³/mol. The van der Waals surface area contributed by atoms with Gasteiger partial charge in [0.25, 0.3) is 0 Å². The van der Waals surface area contributed by atoms with Crippen LogP contribution >= 0.6 is 0 Å². The SMILES string of the molecule is O=C1CN(CCCC(F)(F)F)C(C(=O)O)CN1. The van der Waals surface area contributed by atoms with Crippen molar-refractivity contribution in [3.63, 3.8) is 0 Å². The van der Waals surface area contributed by atoms with Gasteiger partial charge in [-0.1, -0.05) is 0 Å². The van der Waals surface area contributed by atoms with Crippen LogP contribution < -0.4 is 5.32 Å². The number of halogens is 3. The summed E-state index contributed by atoms with van der Waals surface area (Å²) in [6.45, 7) is -0.293. The molecule has 0 radical (unpaired) electrons. The summed E-state index contributed by atoms with van der Waals surface area (Å²) in [4.78, 5) is 23.1. The molecular weight excluding hydrogens is 241 g/mol. The van der Waals surface area contributed by atoms with Crippen LogP contribution in [0.5, 0.6) is 0 Å². The van der Waals surface area contributed by atoms with E-state index in [9.17, 15) is 22.8 Å². The highest BCUT2D eigenvalue weighted by Gasteiger charge is 2.33. The first-order valence-electron chi connectivity index (χ1n) is 5.10. The Kier molecular flexibility index (Phi) is 4.33. The summed E-state index contributed by atoms with van der Waals surface area (Å²) in [5.41, 5.74) is 0. The summed E-state index contributed by atoms with van der Waals surface area (Å²) in [6, 6.07) is -0.944. The van der Waals surface area contributed by atoms with Gasteiger partial charge in [0.05, 0.1) is 6.54 Å². The van der Waals surface area contributed by atoms with Crippen molar-refractivity contribution in [2.24, 2.45) is 0 Å². The quantitative estimate of drug-likeness (QED) is 0.752. The minimum atomic E-state index is -4.25. The van der Waals surface area contributed by atoms with Gasteiger partial charge in [-0.3, -0.25) is 14.5 Å². The predicted octanol–water partition coefficient (Wildman–Crippen LogP) is 0.214. The first-order chi connectivity index (χ1) is 7.79. The molecule has 2 N–H and O–H groups in total. The van der Waals surface area contributed by atoms with Gasteiger partial charge < -0.3 is 10.4 Å². The normalized spacial score (nSPS) is 22.3. The lowest BCUT2D eigenvalue weighted by molar-refractivity contribution is -0.147. The third-order valence-electron chi connectivity index (χ3n) is 2.47. The number of carboxylic acids is 1. The number of hydrogen-bond acceptors (Lipinski definition) is 3. The van der Waals surface area contributed by atoms with Crippen LogP contribution in [-0.2, 0) is 9.59 Å². The number of carboxylic acid groups (broad SMARTS) is 1. The summed E-state index contributed by atoms with van der Waals surface area (Å²) in [7, 11) is 0. The lowest BCUT2D eigenvalue weighted by Gasteiger charge is -2.32. The summed E-state index contributed by atoms with van der Waals surface area (Å²) in [5.74, 6) is -1.51. The topological polar surface area (TPSA) is 69.6 Å². The molecule has 98 valence electrons. The van der Waals surface area contributed by atoms with Crippen molar-refractivity contribution in [2.75, 3.05) is 19.6 Å². The molecule has 1 aliphatic rings. The molecule has 1 heterocycles. The molecule has 1 amide bonds. The van der Waals surface area contributed by atoms with E-state index in [-0.39, 0.29) is 32.0 Å². The van der Waals surface area contributed by atoms with E-state index in [1.54, 1.807) is 0 Å². The Hall–Kier alpha value is -1.31. The minimum Gasteiger partial charge on any atom is -0.480 e. The summed E-state index contributed by atoms with van der Waals surface area (Å²) < 4.78 is 35.8. The maximum atomic E-state index is 11.9. The maximum Gasteiger partial charge on any atom is 0.389 e. The smallest absolute Gasteiger partial charge is 0.389 e. The minimum absolute atomic E-state index is 0.0517. The maximum absolute atomic E-state index is 11.9. The number of hydrogen-bond donors (Lipinski definition) is 2. The van der Waals surface area contributed by atoms with Gasteiger partial charge in [0, 0.05) is 13.0 Å². The van der Waals surface area contributed by atoms with Crippen LogP contribution in [-0.4, -0.2) is 53.7 Å². The molecule has 0 aromatic heterocycles. The Labute approximate surface area is 95.6 Å². The number of rotatable bonds is 4. The van der Waals surface area contributed by atoms with Gasteiger partial charge in [0.15, 0.2) is 0 Å². The molecule has 0 bridgehead atoms. The summed E-state index contributed by atoms with van der Waals surface area (Å²) in [6.07, 6.45) is -5.44. The number of amides is 1. The molecule has 0 spiro atoms. The van der Waals surface area contributed by atoms with Gasteiger partial charge in [-0.15, -0.1) is 0 Å². The molecule has 1 rings (SSSR count). The molecule has 1 atom stereocenters. The monoisotopic (exact) mass is 254 g/mol. The Bertz CT molecular complexity index is 306. The van der Waals surface area contributed by atoms with E-state index in [0.717, 1.165) is 0 Å². The highest BCUT2D eigenvalue weighted by molar-refractivity contribution is 5.83. The summed E-state index contributed by atoms with van der Waals surface area (Å²) >= 11 is 0. The molecule has 1 aliphatic heterocycles. The first kappa shape index (κ1) is 13.8. The number of carbonyl (C=O) groups is 2. The van der Waals surface area contributed by atoms with Crippen molar-refractivity contribution in [3.8, 4) is 0 Å². The average Bonchev–Trinajstić information content (AvgIpc) is 2.15. The second-order valence-corrected chi connectivity index (χ2v) is 3.85. The fourth-order valence-corrected chi connectivity index (χ4v) is 1.65.